The second-order valence-corrected chi connectivity index (χ2v) is 7.37. The Morgan fingerprint density at radius 3 is 2.50 bits per heavy atom. The molecule has 0 aliphatic carbocycles. The summed E-state index contributed by atoms with van der Waals surface area (Å²) in [5, 5.41) is 0.214. The molecule has 0 aliphatic heterocycles. The summed E-state index contributed by atoms with van der Waals surface area (Å²) in [5.74, 6) is 0.642. The first-order valence-corrected chi connectivity index (χ1v) is 9.83. The zero-order valence-corrected chi connectivity index (χ0v) is 18.2. The number of nitrogens with two attached hydrogens (primary N) is 1. The Hall–Kier alpha value is -2.54. The molecule has 0 saturated heterocycles. The maximum atomic E-state index is 13.9. The monoisotopic (exact) mass is 450 g/mol. The maximum Gasteiger partial charge on any atom is 0.166 e. The molecule has 0 radical (unpaired) electrons. The minimum atomic E-state index is -0.654. The van der Waals surface area contributed by atoms with Gasteiger partial charge in [-0.25, -0.2) is 9.37 Å². The van der Waals surface area contributed by atoms with Gasteiger partial charge < -0.3 is 19.9 Å². The molecule has 2 N–H and O–H groups in total. The van der Waals surface area contributed by atoms with Crippen LogP contribution < -0.4 is 15.2 Å². The third kappa shape index (κ3) is 4.61. The molecule has 0 spiro atoms. The zero-order valence-electron chi connectivity index (χ0n) is 16.7. The molecule has 30 heavy (non-hydrogen) atoms. The molecule has 5 nitrogen and oxygen atoms in total. The Labute approximate surface area is 184 Å². The minimum Gasteiger partial charge on any atom is -0.496 e. The average molecular weight is 451 g/mol. The third-order valence-corrected chi connectivity index (χ3v) is 5.31. The van der Waals surface area contributed by atoms with Gasteiger partial charge >= 0.3 is 0 Å². The maximum absolute atomic E-state index is 13.9. The molecule has 0 saturated carbocycles. The molecule has 0 amide bonds. The number of hydrogen-bond donors (Lipinski definition) is 1. The van der Waals surface area contributed by atoms with Gasteiger partial charge in [-0.3, -0.25) is 0 Å². The van der Waals surface area contributed by atoms with Crippen LogP contribution in [0.25, 0.3) is 11.1 Å². The zero-order chi connectivity index (χ0) is 21.8. The second kappa shape index (κ2) is 9.51. The van der Waals surface area contributed by atoms with Gasteiger partial charge in [-0.15, -0.1) is 0 Å². The number of benzene rings is 2. The van der Waals surface area contributed by atoms with Gasteiger partial charge in [0, 0.05) is 35.0 Å². The molecule has 1 heterocycles. The first kappa shape index (κ1) is 22.2. The van der Waals surface area contributed by atoms with Gasteiger partial charge in [0.05, 0.1) is 18.7 Å². The summed E-state index contributed by atoms with van der Waals surface area (Å²) in [6, 6.07) is 10.1. The first-order chi connectivity index (χ1) is 14.3. The van der Waals surface area contributed by atoms with E-state index in [9.17, 15) is 4.39 Å². The number of halogens is 3. The van der Waals surface area contributed by atoms with Crippen molar-refractivity contribution in [2.24, 2.45) is 0 Å². The van der Waals surface area contributed by atoms with E-state index in [1.54, 1.807) is 33.4 Å². The van der Waals surface area contributed by atoms with Crippen molar-refractivity contribution in [3.8, 4) is 22.6 Å². The largest absolute Gasteiger partial charge is 0.496 e. The van der Waals surface area contributed by atoms with Gasteiger partial charge in [0.25, 0.3) is 0 Å². The Bertz CT molecular complexity index is 1060. The fraction of sp³-hybridized carbons (Fsp3) is 0.227. The highest BCUT2D eigenvalue weighted by Gasteiger charge is 2.20. The number of nitrogens with zero attached hydrogens (tertiary/aromatic N) is 1. The minimum absolute atomic E-state index is 0.0869. The highest BCUT2D eigenvalue weighted by atomic mass is 35.5. The lowest BCUT2D eigenvalue weighted by Crippen LogP contribution is -2.08. The summed E-state index contributed by atoms with van der Waals surface area (Å²) in [6.45, 7) is 2.14. The topological polar surface area (TPSA) is 66.6 Å². The van der Waals surface area contributed by atoms with Crippen LogP contribution in [0.15, 0.2) is 42.6 Å². The molecule has 0 aliphatic rings. The number of ether oxygens (including phenoxy) is 3. The summed E-state index contributed by atoms with van der Waals surface area (Å²) in [5.41, 5.74) is 8.90. The highest BCUT2D eigenvalue weighted by molar-refractivity contribution is 6.36. The van der Waals surface area contributed by atoms with Crippen molar-refractivity contribution in [2.75, 3.05) is 20.0 Å². The second-order valence-electron chi connectivity index (χ2n) is 6.58. The molecule has 1 atom stereocenters. The SMILES string of the molecule is COCc1ccc(-c2cnc(N)c(OC(C)c3c(Cl)ccc(F)c3Cl)c2)cc1OC. The lowest BCUT2D eigenvalue weighted by atomic mass is 10.0. The van der Waals surface area contributed by atoms with Crippen LogP contribution in [0.1, 0.15) is 24.2 Å². The van der Waals surface area contributed by atoms with Gasteiger partial charge in [-0.05, 0) is 36.8 Å². The molecule has 158 valence electrons. The average Bonchev–Trinajstić information content (AvgIpc) is 2.73. The first-order valence-electron chi connectivity index (χ1n) is 9.07. The van der Waals surface area contributed by atoms with Crippen molar-refractivity contribution in [2.45, 2.75) is 19.6 Å². The Morgan fingerprint density at radius 1 is 1.07 bits per heavy atom. The molecule has 0 bridgehead atoms. The fourth-order valence-electron chi connectivity index (χ4n) is 3.07. The van der Waals surface area contributed by atoms with E-state index in [1.807, 2.05) is 18.2 Å². The predicted octanol–water partition coefficient (Wildman–Crippen LogP) is 6.07. The van der Waals surface area contributed by atoms with Gasteiger partial charge in [0.1, 0.15) is 17.7 Å². The number of pyridine rings is 1. The van der Waals surface area contributed by atoms with Crippen LogP contribution >= 0.6 is 23.2 Å². The van der Waals surface area contributed by atoms with E-state index < -0.39 is 11.9 Å². The van der Waals surface area contributed by atoms with E-state index in [4.69, 9.17) is 43.1 Å². The normalized spacial score (nSPS) is 11.9. The van der Waals surface area contributed by atoms with Crippen LogP contribution in [0, 0.1) is 5.82 Å². The molecule has 0 fully saturated rings. The predicted molar refractivity (Wildman–Crippen MR) is 117 cm³/mol. The van der Waals surface area contributed by atoms with Crippen LogP contribution in [-0.4, -0.2) is 19.2 Å². The van der Waals surface area contributed by atoms with Crippen LogP contribution in [0.3, 0.4) is 0 Å². The number of anilines is 1. The van der Waals surface area contributed by atoms with Crippen LogP contribution in [0.5, 0.6) is 11.5 Å². The lowest BCUT2D eigenvalue weighted by molar-refractivity contribution is 0.181. The molecular formula is C22H21Cl2FN2O3. The Kier molecular flexibility index (Phi) is 7.02. The smallest absolute Gasteiger partial charge is 0.166 e. The lowest BCUT2D eigenvalue weighted by Gasteiger charge is -2.19. The molecule has 1 unspecified atom stereocenters. The van der Waals surface area contributed by atoms with Gasteiger partial charge in [-0.2, -0.15) is 0 Å². The Balaban J connectivity index is 1.94. The number of methoxy groups -OCH3 is 2. The van der Waals surface area contributed by atoms with Crippen LogP contribution in [-0.2, 0) is 11.3 Å². The van der Waals surface area contributed by atoms with Crippen molar-refractivity contribution >= 4 is 29.0 Å². The van der Waals surface area contributed by atoms with E-state index in [2.05, 4.69) is 4.98 Å². The molecule has 8 heteroatoms. The van der Waals surface area contributed by atoms with Gasteiger partial charge in [0.2, 0.25) is 0 Å². The molecular weight excluding hydrogens is 430 g/mol. The molecule has 3 rings (SSSR count). The van der Waals surface area contributed by atoms with E-state index in [1.165, 1.54) is 12.1 Å². The Morgan fingerprint density at radius 2 is 1.80 bits per heavy atom. The van der Waals surface area contributed by atoms with Crippen molar-refractivity contribution in [1.82, 2.24) is 4.98 Å². The molecule has 2 aromatic carbocycles. The van der Waals surface area contributed by atoms with Gasteiger partial charge in [0.15, 0.2) is 11.6 Å². The van der Waals surface area contributed by atoms with Crippen molar-refractivity contribution in [3.05, 3.63) is 69.6 Å². The number of hydrogen-bond acceptors (Lipinski definition) is 5. The molecule has 3 aromatic rings. The van der Waals surface area contributed by atoms with Gasteiger partial charge in [-0.1, -0.05) is 35.3 Å². The van der Waals surface area contributed by atoms with E-state index >= 15 is 0 Å². The van der Waals surface area contributed by atoms with Crippen molar-refractivity contribution in [1.29, 1.82) is 0 Å². The fourth-order valence-corrected chi connectivity index (χ4v) is 3.75. The number of aromatic nitrogens is 1. The summed E-state index contributed by atoms with van der Waals surface area (Å²) in [6.07, 6.45) is 0.985. The number of nitrogen functional groups attached to an aromatic ring is 1. The van der Waals surface area contributed by atoms with E-state index in [0.29, 0.717) is 28.7 Å². The molecule has 1 aromatic heterocycles. The van der Waals surface area contributed by atoms with E-state index in [0.717, 1.165) is 16.7 Å². The number of rotatable bonds is 7. The third-order valence-electron chi connectivity index (χ3n) is 4.59. The summed E-state index contributed by atoms with van der Waals surface area (Å²) in [7, 11) is 3.22. The van der Waals surface area contributed by atoms with Crippen molar-refractivity contribution < 1.29 is 18.6 Å². The summed E-state index contributed by atoms with van der Waals surface area (Å²) >= 11 is 12.3. The standard InChI is InChI=1S/C22H21Cl2FN2O3/c1-12(20-16(23)6-7-17(25)21(20)24)30-19-9-15(10-27-22(19)26)13-4-5-14(11-28-2)18(8-13)29-3/h4-10,12H,11H2,1-3H3,(H2,26,27). The van der Waals surface area contributed by atoms with Crippen LogP contribution in [0.2, 0.25) is 10.0 Å². The van der Waals surface area contributed by atoms with E-state index in [-0.39, 0.29) is 10.8 Å². The highest BCUT2D eigenvalue weighted by Crippen LogP contribution is 2.37. The summed E-state index contributed by atoms with van der Waals surface area (Å²) < 4.78 is 30.5. The van der Waals surface area contributed by atoms with Crippen molar-refractivity contribution in [3.63, 3.8) is 0 Å². The van der Waals surface area contributed by atoms with Crippen LogP contribution in [0.4, 0.5) is 10.2 Å². The quantitative estimate of drug-likeness (QED) is 0.442. The summed E-state index contributed by atoms with van der Waals surface area (Å²) in [4.78, 5) is 4.23.